The minimum absolute atomic E-state index is 0.129. The maximum absolute atomic E-state index is 13.7. The number of fused-ring (bicyclic) bond motifs is 2. The molecule has 0 fully saturated rings. The van der Waals surface area contributed by atoms with Gasteiger partial charge < -0.3 is 23.9 Å². The van der Waals surface area contributed by atoms with Crippen molar-refractivity contribution in [3.05, 3.63) is 152 Å². The molecule has 2 heterocycles. The van der Waals surface area contributed by atoms with Crippen LogP contribution in [0.5, 0.6) is 0 Å². The molecule has 4 aromatic carbocycles. The number of aryl methyl sites for hydroxylation is 2. The Labute approximate surface area is 290 Å². The highest BCUT2D eigenvalue weighted by Crippen LogP contribution is 2.27. The average Bonchev–Trinajstić information content (AvgIpc) is 3.14. The predicted octanol–water partition coefficient (Wildman–Crippen LogP) is 3.87. The molecule has 2 N–H and O–H groups in total. The number of H-pyrrole nitrogens is 1. The van der Waals surface area contributed by atoms with Crippen LogP contribution in [0.3, 0.4) is 0 Å². The fourth-order valence-electron chi connectivity index (χ4n) is 5.55. The van der Waals surface area contributed by atoms with Crippen molar-refractivity contribution in [2.24, 2.45) is 0 Å². The van der Waals surface area contributed by atoms with Crippen LogP contribution in [0.4, 0.5) is 0 Å². The summed E-state index contributed by atoms with van der Waals surface area (Å²) in [5, 5.41) is 10.7. The van der Waals surface area contributed by atoms with Crippen LogP contribution in [0.1, 0.15) is 42.2 Å². The number of ether oxygens (including phenoxy) is 3. The number of esters is 3. The normalized spacial score (nSPS) is 12.9. The van der Waals surface area contributed by atoms with Gasteiger partial charge in [-0.2, -0.15) is 4.98 Å². The number of carbonyl (C=O) groups is 3. The Morgan fingerprint density at radius 3 is 1.73 bits per heavy atom. The van der Waals surface area contributed by atoms with Gasteiger partial charge >= 0.3 is 23.6 Å². The van der Waals surface area contributed by atoms with E-state index in [4.69, 9.17) is 14.2 Å². The summed E-state index contributed by atoms with van der Waals surface area (Å²) in [5.41, 5.74) is 0.968. The lowest BCUT2D eigenvalue weighted by atomic mass is 10.0. The molecule has 13 heteroatoms. The molecule has 0 unspecified atom stereocenters. The Morgan fingerprint density at radius 2 is 1.20 bits per heavy atom. The van der Waals surface area contributed by atoms with Crippen molar-refractivity contribution in [1.29, 1.82) is 0 Å². The van der Waals surface area contributed by atoms with Crippen LogP contribution in [0.2, 0.25) is 0 Å². The van der Waals surface area contributed by atoms with Gasteiger partial charge in [-0.3, -0.25) is 9.78 Å². The second-order valence-corrected chi connectivity index (χ2v) is 11.7. The quantitative estimate of drug-likeness (QED) is 0.115. The van der Waals surface area contributed by atoms with Crippen LogP contribution in [0, 0.1) is 13.8 Å². The van der Waals surface area contributed by atoms with E-state index in [2.05, 4.69) is 15.0 Å². The summed E-state index contributed by atoms with van der Waals surface area (Å²) in [6, 6.07) is 27.5. The number of carbonyl (C=O) groups excluding carboxylic acids is 3. The van der Waals surface area contributed by atoms with Gasteiger partial charge in [0.05, 0.1) is 40.9 Å². The summed E-state index contributed by atoms with van der Waals surface area (Å²) in [5.74, 6) is -2.69. The lowest BCUT2D eigenvalue weighted by Gasteiger charge is -2.33. The molecule has 0 aliphatic carbocycles. The first-order valence-corrected chi connectivity index (χ1v) is 15.9. The van der Waals surface area contributed by atoms with Crippen molar-refractivity contribution in [1.82, 2.24) is 19.5 Å². The van der Waals surface area contributed by atoms with Crippen LogP contribution in [0.25, 0.3) is 22.6 Å². The summed E-state index contributed by atoms with van der Waals surface area (Å²) in [6.45, 7) is 2.47. The monoisotopic (exact) mass is 688 g/mol. The SMILES string of the molecule is Cc1cc2nc3c(=O)[nH]c(=O)nc-3n(C[C@H](OC(=O)c3ccccc3)[C@H](OC(=O)c3ccccc3)[C@H](CO)OC(=O)c3ccccc3)c2cc1C. The van der Waals surface area contributed by atoms with Gasteiger partial charge in [0.1, 0.15) is 0 Å². The zero-order chi connectivity index (χ0) is 36.1. The average molecular weight is 689 g/mol. The molecule has 0 saturated heterocycles. The third kappa shape index (κ3) is 7.58. The Hall–Kier alpha value is -6.47. The van der Waals surface area contributed by atoms with Gasteiger partial charge in [0, 0.05) is 0 Å². The standard InChI is InChI=1S/C38H32N4O9/c1-22-18-27-28(19-23(22)2)42(33-31(39-27)34(44)41-38(48)40-33)20-29(49-35(45)24-12-6-3-7-13-24)32(51-37(47)26-16-10-5-11-17-26)30(21-43)50-36(46)25-14-8-4-9-15-25/h3-19,29-30,32,43H,20-21H2,1-2H3,(H,41,44,48)/t29-,30-,32-/m0/s1. The van der Waals surface area contributed by atoms with Crippen LogP contribution < -0.4 is 11.2 Å². The maximum Gasteiger partial charge on any atom is 0.349 e. The van der Waals surface area contributed by atoms with Crippen LogP contribution in [-0.4, -0.2) is 67.5 Å². The highest BCUT2D eigenvalue weighted by Gasteiger charge is 2.40. The van der Waals surface area contributed by atoms with E-state index in [0.717, 1.165) is 11.1 Å². The van der Waals surface area contributed by atoms with Crippen LogP contribution in [-0.2, 0) is 20.8 Å². The number of benzene rings is 4. The predicted molar refractivity (Wildman–Crippen MR) is 185 cm³/mol. The molecule has 51 heavy (non-hydrogen) atoms. The lowest BCUT2D eigenvalue weighted by molar-refractivity contribution is -0.102. The number of aliphatic hydroxyl groups excluding tert-OH is 1. The second kappa shape index (κ2) is 15.0. The Morgan fingerprint density at radius 1 is 0.706 bits per heavy atom. The lowest BCUT2D eigenvalue weighted by Crippen LogP contribution is -2.49. The molecular formula is C38H32N4O9. The molecule has 0 amide bonds. The number of nitrogens with zero attached hydrogens (tertiary/aromatic N) is 3. The van der Waals surface area contributed by atoms with Gasteiger partial charge in [-0.15, -0.1) is 0 Å². The second-order valence-electron chi connectivity index (χ2n) is 11.7. The number of aliphatic hydroxyl groups is 1. The molecule has 6 rings (SSSR count). The van der Waals surface area contributed by atoms with Gasteiger partial charge in [0.2, 0.25) is 0 Å². The van der Waals surface area contributed by atoms with E-state index in [1.54, 1.807) is 66.7 Å². The van der Waals surface area contributed by atoms with E-state index in [9.17, 15) is 29.1 Å². The maximum atomic E-state index is 13.7. The number of hydrogen-bond acceptors (Lipinski definition) is 11. The summed E-state index contributed by atoms with van der Waals surface area (Å²) in [4.78, 5) is 76.9. The van der Waals surface area contributed by atoms with Crippen LogP contribution >= 0.6 is 0 Å². The van der Waals surface area contributed by atoms with Gasteiger partial charge in [0.25, 0.3) is 5.56 Å². The molecule has 3 atom stereocenters. The van der Waals surface area contributed by atoms with Gasteiger partial charge in [0.15, 0.2) is 29.8 Å². The first-order valence-electron chi connectivity index (χ1n) is 15.9. The van der Waals surface area contributed by atoms with Crippen molar-refractivity contribution < 1.29 is 33.7 Å². The summed E-state index contributed by atoms with van der Waals surface area (Å²) in [6.07, 6.45) is -4.74. The smallest absolute Gasteiger partial charge is 0.349 e. The highest BCUT2D eigenvalue weighted by atomic mass is 16.6. The van der Waals surface area contributed by atoms with Crippen molar-refractivity contribution in [3.63, 3.8) is 0 Å². The minimum atomic E-state index is -1.64. The Kier molecular flexibility index (Phi) is 10.1. The van der Waals surface area contributed by atoms with Gasteiger partial charge in [-0.1, -0.05) is 54.6 Å². The van der Waals surface area contributed by atoms with Crippen molar-refractivity contribution in [2.45, 2.75) is 38.7 Å². The summed E-state index contributed by atoms with van der Waals surface area (Å²) in [7, 11) is 0. The van der Waals surface area contributed by atoms with E-state index >= 15 is 0 Å². The third-order valence-electron chi connectivity index (χ3n) is 8.29. The number of aromatic nitrogens is 4. The molecule has 0 spiro atoms. The Bertz CT molecular complexity index is 2290. The van der Waals surface area contributed by atoms with E-state index in [1.807, 2.05) is 13.8 Å². The topological polar surface area (TPSA) is 180 Å². The Balaban J connectivity index is 1.53. The summed E-state index contributed by atoms with van der Waals surface area (Å²) >= 11 is 0. The van der Waals surface area contributed by atoms with Crippen molar-refractivity contribution >= 4 is 28.9 Å². The minimum Gasteiger partial charge on any atom is -0.453 e. The highest BCUT2D eigenvalue weighted by molar-refractivity contribution is 5.91. The van der Waals surface area contributed by atoms with E-state index < -0.39 is 60.6 Å². The molecule has 0 radical (unpaired) electrons. The molecule has 0 aromatic heterocycles. The molecule has 13 nitrogen and oxygen atoms in total. The van der Waals surface area contributed by atoms with E-state index in [-0.39, 0.29) is 28.2 Å². The third-order valence-corrected chi connectivity index (χ3v) is 8.29. The fourth-order valence-corrected chi connectivity index (χ4v) is 5.55. The number of rotatable bonds is 11. The molecule has 0 bridgehead atoms. The largest absolute Gasteiger partial charge is 0.453 e. The molecule has 0 saturated carbocycles. The molecule has 4 aromatic rings. The van der Waals surface area contributed by atoms with E-state index in [1.165, 1.54) is 41.0 Å². The first-order chi connectivity index (χ1) is 24.6. The zero-order valence-corrected chi connectivity index (χ0v) is 27.5. The molecular weight excluding hydrogens is 656 g/mol. The van der Waals surface area contributed by atoms with Crippen molar-refractivity contribution in [3.8, 4) is 11.5 Å². The van der Waals surface area contributed by atoms with Gasteiger partial charge in [-0.05, 0) is 73.5 Å². The molecule has 2 aliphatic heterocycles. The number of aromatic amines is 1. The first kappa shape index (κ1) is 34.4. The van der Waals surface area contributed by atoms with Crippen LogP contribution in [0.15, 0.2) is 113 Å². The van der Waals surface area contributed by atoms with Gasteiger partial charge in [-0.25, -0.2) is 24.2 Å². The number of nitrogens with one attached hydrogen (secondary N) is 1. The number of hydrogen-bond donors (Lipinski definition) is 2. The summed E-state index contributed by atoms with van der Waals surface area (Å²) < 4.78 is 19.2. The van der Waals surface area contributed by atoms with E-state index in [0.29, 0.717) is 11.0 Å². The van der Waals surface area contributed by atoms with Crippen molar-refractivity contribution in [2.75, 3.05) is 6.61 Å². The molecule has 258 valence electrons. The fraction of sp³-hybridized carbons (Fsp3) is 0.184. The zero-order valence-electron chi connectivity index (χ0n) is 27.5. The molecule has 2 aliphatic rings.